The molecule has 11 nitrogen and oxygen atoms in total. The van der Waals surface area contributed by atoms with Crippen LogP contribution in [0.15, 0.2) is 34.5 Å². The van der Waals surface area contributed by atoms with Crippen molar-refractivity contribution in [2.75, 3.05) is 14.1 Å². The van der Waals surface area contributed by atoms with Gasteiger partial charge in [0.15, 0.2) is 0 Å². The molecule has 0 aliphatic heterocycles. The molecule has 7 N–H and O–H groups in total. The molecule has 0 saturated carbocycles. The fourth-order valence-electron chi connectivity index (χ4n) is 0.917. The maximum Gasteiger partial charge on any atom is 0.291 e. The van der Waals surface area contributed by atoms with Crippen LogP contribution in [0.5, 0.6) is 0 Å². The minimum Gasteiger partial charge on any atom is -0.393 e. The summed E-state index contributed by atoms with van der Waals surface area (Å²) < 4.78 is 0. The van der Waals surface area contributed by atoms with Crippen LogP contribution < -0.4 is 17.3 Å². The summed E-state index contributed by atoms with van der Waals surface area (Å²) in [7, 11) is 3.57. The molecular weight excluding hydrogens is 326 g/mol. The second kappa shape index (κ2) is 12.4. The van der Waals surface area contributed by atoms with E-state index < -0.39 is 5.09 Å². The largest absolute Gasteiger partial charge is 0.393 e. The number of Topliss-reactive ketones (excluding diaryl/α,β-unsaturated/α-hetero) is 1. The summed E-state index contributed by atoms with van der Waals surface area (Å²) in [5.74, 6) is 4.21. The molecule has 0 bridgehead atoms. The summed E-state index contributed by atoms with van der Waals surface area (Å²) in [5.41, 5.74) is 9.54. The Kier molecular flexibility index (Phi) is 11.9. The van der Waals surface area contributed by atoms with Gasteiger partial charge in [-0.05, 0) is 11.4 Å². The van der Waals surface area contributed by atoms with E-state index in [1.807, 2.05) is 5.38 Å². The van der Waals surface area contributed by atoms with Crippen molar-refractivity contribution in [2.45, 2.75) is 0 Å². The number of allylic oxidation sites excluding steroid dienone is 1. The van der Waals surface area contributed by atoms with Gasteiger partial charge in [0.1, 0.15) is 0 Å². The van der Waals surface area contributed by atoms with Crippen LogP contribution >= 0.6 is 11.3 Å². The molecule has 1 aromatic heterocycles. The van der Waals surface area contributed by atoms with E-state index in [-0.39, 0.29) is 17.4 Å². The molecule has 1 heterocycles. The minimum atomic E-state index is -1.50. The monoisotopic (exact) mass is 343 g/mol. The first kappa shape index (κ1) is 22.0. The van der Waals surface area contributed by atoms with E-state index in [9.17, 15) is 4.79 Å². The number of thiophene rings is 1. The fraction of sp³-hybridized carbons (Fsp3) is 0.182. The van der Waals surface area contributed by atoms with Crippen LogP contribution in [0.4, 0.5) is 0 Å². The molecule has 0 atom stereocenters. The quantitative estimate of drug-likeness (QED) is 0.0867. The molecular formula is C11H17N7O4S. The van der Waals surface area contributed by atoms with E-state index in [2.05, 4.69) is 15.8 Å². The molecule has 0 saturated heterocycles. The van der Waals surface area contributed by atoms with Gasteiger partial charge in [-0.1, -0.05) is 6.07 Å². The predicted molar refractivity (Wildman–Crippen MR) is 85.8 cm³/mol. The van der Waals surface area contributed by atoms with Crippen molar-refractivity contribution < 1.29 is 15.1 Å². The summed E-state index contributed by atoms with van der Waals surface area (Å²) in [4.78, 5) is 25.5. The fourth-order valence-corrected chi connectivity index (χ4v) is 1.59. The standard InChI is InChI=1S/C10H10N2OS.CH6N4.HNO3/c1-11-8(7-12(2)3)10(13)9-5-4-6-14-9;2-1(3)5-4;2-1(3)4/h4-7H,2-3H3;4H2,(H4,2,3,5);(H,2,3,4). The first-order valence-electron chi connectivity index (χ1n) is 5.61. The van der Waals surface area contributed by atoms with Crippen LogP contribution in [0.3, 0.4) is 0 Å². The van der Waals surface area contributed by atoms with Gasteiger partial charge >= 0.3 is 0 Å². The van der Waals surface area contributed by atoms with Crippen LogP contribution in [-0.4, -0.2) is 41.0 Å². The number of ketones is 1. The number of hydrazone groups is 1. The number of nitrogens with two attached hydrogens (primary N) is 3. The average molecular weight is 343 g/mol. The third kappa shape index (κ3) is 13.4. The van der Waals surface area contributed by atoms with Gasteiger partial charge < -0.3 is 32.2 Å². The van der Waals surface area contributed by atoms with Crippen molar-refractivity contribution in [3.63, 3.8) is 0 Å². The zero-order chi connectivity index (χ0) is 18.4. The highest BCUT2D eigenvalue weighted by molar-refractivity contribution is 7.12. The van der Waals surface area contributed by atoms with E-state index in [1.165, 1.54) is 17.5 Å². The number of nitrogens with zero attached hydrogens (tertiary/aromatic N) is 4. The molecule has 23 heavy (non-hydrogen) atoms. The van der Waals surface area contributed by atoms with E-state index in [0.717, 1.165) is 0 Å². The van der Waals surface area contributed by atoms with Crippen molar-refractivity contribution in [2.24, 2.45) is 22.4 Å². The lowest BCUT2D eigenvalue weighted by Gasteiger charge is -2.04. The lowest BCUT2D eigenvalue weighted by atomic mass is 10.2. The van der Waals surface area contributed by atoms with Gasteiger partial charge in [-0.15, -0.1) is 26.6 Å². The first-order chi connectivity index (χ1) is 10.6. The number of rotatable bonds is 3. The van der Waals surface area contributed by atoms with Gasteiger partial charge in [0.05, 0.1) is 11.4 Å². The summed E-state index contributed by atoms with van der Waals surface area (Å²) >= 11 is 1.35. The second-order valence-corrected chi connectivity index (χ2v) is 4.64. The van der Waals surface area contributed by atoms with Gasteiger partial charge in [-0.25, -0.2) is 4.85 Å². The van der Waals surface area contributed by atoms with Crippen LogP contribution in [0.1, 0.15) is 9.67 Å². The van der Waals surface area contributed by atoms with Gasteiger partial charge in [0, 0.05) is 20.3 Å². The molecule has 12 heteroatoms. The Labute approximate surface area is 136 Å². The number of carbonyl (C=O) groups is 1. The van der Waals surface area contributed by atoms with E-state index >= 15 is 0 Å². The lowest BCUT2D eigenvalue weighted by molar-refractivity contribution is -0.742. The molecule has 0 fully saturated rings. The molecule has 0 unspecified atom stereocenters. The lowest BCUT2D eigenvalue weighted by Crippen LogP contribution is -2.23. The Bertz CT molecular complexity index is 582. The summed E-state index contributed by atoms with van der Waals surface area (Å²) in [5, 5.41) is 18.3. The molecule has 0 aromatic carbocycles. The Balaban J connectivity index is 0. The van der Waals surface area contributed by atoms with Crippen LogP contribution in [-0.2, 0) is 0 Å². The Hall–Kier alpha value is -3.33. The Morgan fingerprint density at radius 2 is 2.04 bits per heavy atom. The molecule has 0 amide bonds. The van der Waals surface area contributed by atoms with E-state index in [1.54, 1.807) is 31.1 Å². The zero-order valence-corrected chi connectivity index (χ0v) is 13.2. The normalized spacial score (nSPS) is 9.00. The smallest absolute Gasteiger partial charge is 0.291 e. The van der Waals surface area contributed by atoms with Gasteiger partial charge in [0.2, 0.25) is 17.4 Å². The molecule has 126 valence electrons. The maximum atomic E-state index is 11.7. The molecule has 0 aliphatic rings. The SMILES string of the molecule is NN=C(N)N.O=[N+]([O-])O.[C-]#[N+]C(=CN(C)C)C(=O)c1cccs1. The Morgan fingerprint density at radius 1 is 1.57 bits per heavy atom. The summed E-state index contributed by atoms with van der Waals surface area (Å²) in [6.07, 6.45) is 1.54. The average Bonchev–Trinajstić information content (AvgIpc) is 2.98. The topological polar surface area (TPSA) is 178 Å². The van der Waals surface area contributed by atoms with E-state index in [0.29, 0.717) is 4.88 Å². The van der Waals surface area contributed by atoms with Crippen molar-refractivity contribution in [3.05, 3.63) is 55.8 Å². The van der Waals surface area contributed by atoms with Crippen LogP contribution in [0, 0.1) is 16.7 Å². The van der Waals surface area contributed by atoms with Gasteiger partial charge in [-0.3, -0.25) is 0 Å². The van der Waals surface area contributed by atoms with Crippen molar-refractivity contribution in [1.29, 1.82) is 0 Å². The number of hydrogen-bond acceptors (Lipinski definition) is 7. The van der Waals surface area contributed by atoms with Gasteiger partial charge in [0.25, 0.3) is 5.09 Å². The molecule has 0 radical (unpaired) electrons. The highest BCUT2D eigenvalue weighted by Crippen LogP contribution is 2.15. The third-order valence-corrected chi connectivity index (χ3v) is 2.50. The number of carbonyl (C=O) groups excluding carboxylic acids is 1. The van der Waals surface area contributed by atoms with Crippen molar-refractivity contribution >= 4 is 23.1 Å². The minimum absolute atomic E-state index is 0.0926. The number of guanidine groups is 1. The van der Waals surface area contributed by atoms with Crippen LogP contribution in [0.25, 0.3) is 4.85 Å². The summed E-state index contributed by atoms with van der Waals surface area (Å²) in [6, 6.07) is 3.52. The van der Waals surface area contributed by atoms with Crippen molar-refractivity contribution in [1.82, 2.24) is 4.90 Å². The first-order valence-corrected chi connectivity index (χ1v) is 6.49. The van der Waals surface area contributed by atoms with Crippen molar-refractivity contribution in [3.8, 4) is 0 Å². The molecule has 0 aliphatic carbocycles. The molecule has 0 spiro atoms. The van der Waals surface area contributed by atoms with Gasteiger partial charge in [-0.2, -0.15) is 0 Å². The second-order valence-electron chi connectivity index (χ2n) is 3.69. The number of hydrogen-bond donors (Lipinski definition) is 4. The molecule has 1 rings (SSSR count). The Morgan fingerprint density at radius 3 is 2.30 bits per heavy atom. The third-order valence-electron chi connectivity index (χ3n) is 1.63. The maximum absolute atomic E-state index is 11.7. The predicted octanol–water partition coefficient (Wildman–Crippen LogP) is 0.0389. The zero-order valence-electron chi connectivity index (χ0n) is 12.4. The van der Waals surface area contributed by atoms with Crippen LogP contribution in [0.2, 0.25) is 0 Å². The summed E-state index contributed by atoms with van der Waals surface area (Å²) in [6.45, 7) is 6.90. The highest BCUT2D eigenvalue weighted by atomic mass is 32.1. The molecule has 1 aromatic rings. The highest BCUT2D eigenvalue weighted by Gasteiger charge is 2.13. The van der Waals surface area contributed by atoms with E-state index in [4.69, 9.17) is 33.4 Å².